The van der Waals surface area contributed by atoms with Gasteiger partial charge in [0.15, 0.2) is 0 Å². The van der Waals surface area contributed by atoms with Gasteiger partial charge in [-0.15, -0.1) is 0 Å². The summed E-state index contributed by atoms with van der Waals surface area (Å²) >= 11 is 12.2. The lowest BCUT2D eigenvalue weighted by molar-refractivity contribution is 0.310. The van der Waals surface area contributed by atoms with Gasteiger partial charge in [-0.2, -0.15) is 0 Å². The maximum absolute atomic E-state index is 6.17. The molecule has 4 heteroatoms. The molecule has 0 aliphatic rings. The number of fused-ring (bicyclic) bond motifs is 1. The molecule has 3 aromatic carbocycles. The van der Waals surface area contributed by atoms with Gasteiger partial charge in [0, 0.05) is 22.0 Å². The normalized spacial score (nSPS) is 10.8. The summed E-state index contributed by atoms with van der Waals surface area (Å²) in [6, 6.07) is 17.1. The molecule has 0 saturated heterocycles. The van der Waals surface area contributed by atoms with Crippen LogP contribution in [0.3, 0.4) is 0 Å². The fourth-order valence-electron chi connectivity index (χ4n) is 2.24. The fraction of sp³-hybridized carbons (Fsp3) is 0.0588. The Balaban J connectivity index is 1.92. The molecule has 0 amide bonds. The molecule has 0 atom stereocenters. The predicted molar refractivity (Wildman–Crippen MR) is 89.2 cm³/mol. The van der Waals surface area contributed by atoms with Gasteiger partial charge < -0.3 is 10.5 Å². The van der Waals surface area contributed by atoms with E-state index in [-0.39, 0.29) is 0 Å². The smallest absolute Gasteiger partial charge is 0.127 e. The minimum Gasteiger partial charge on any atom is -0.488 e. The fourth-order valence-corrected chi connectivity index (χ4v) is 2.61. The summed E-state index contributed by atoms with van der Waals surface area (Å²) in [7, 11) is 0. The molecule has 0 aromatic heterocycles. The van der Waals surface area contributed by atoms with Crippen molar-refractivity contribution >= 4 is 39.7 Å². The molecular weight excluding hydrogens is 305 g/mol. The molecule has 0 bridgehead atoms. The Morgan fingerprint density at radius 2 is 1.62 bits per heavy atom. The lowest BCUT2D eigenvalue weighted by atomic mass is 10.1. The van der Waals surface area contributed by atoms with Crippen LogP contribution in [0.15, 0.2) is 54.6 Å². The van der Waals surface area contributed by atoms with E-state index in [9.17, 15) is 0 Å². The van der Waals surface area contributed by atoms with E-state index in [1.54, 1.807) is 6.07 Å². The van der Waals surface area contributed by atoms with E-state index in [2.05, 4.69) is 0 Å². The first-order chi connectivity index (χ1) is 10.2. The average molecular weight is 318 g/mol. The molecule has 0 aliphatic heterocycles. The van der Waals surface area contributed by atoms with E-state index in [0.29, 0.717) is 16.7 Å². The summed E-state index contributed by atoms with van der Waals surface area (Å²) in [5, 5.41) is 3.02. The first-order valence-corrected chi connectivity index (χ1v) is 7.25. The highest BCUT2D eigenvalue weighted by atomic mass is 35.5. The number of nitrogens with two attached hydrogens (primary N) is 1. The number of benzene rings is 3. The third kappa shape index (κ3) is 2.78. The minimum atomic E-state index is 0.354. The van der Waals surface area contributed by atoms with E-state index in [1.807, 2.05) is 48.5 Å². The standard InChI is InChI=1S/C17H13Cl2NO/c18-14-7-3-4-11(17(14)19)10-21-16-9-8-15(20)12-5-1-2-6-13(12)16/h1-9H,10,20H2. The van der Waals surface area contributed by atoms with Crippen molar-refractivity contribution in [3.05, 3.63) is 70.2 Å². The number of hydrogen-bond donors (Lipinski definition) is 1. The van der Waals surface area contributed by atoms with E-state index in [4.69, 9.17) is 33.7 Å². The van der Waals surface area contributed by atoms with Gasteiger partial charge in [-0.25, -0.2) is 0 Å². The van der Waals surface area contributed by atoms with Crippen LogP contribution in [0.4, 0.5) is 5.69 Å². The molecule has 0 fully saturated rings. The van der Waals surface area contributed by atoms with Gasteiger partial charge in [-0.3, -0.25) is 0 Å². The van der Waals surface area contributed by atoms with Crippen LogP contribution in [0, 0.1) is 0 Å². The van der Waals surface area contributed by atoms with Crippen LogP contribution >= 0.6 is 23.2 Å². The first-order valence-electron chi connectivity index (χ1n) is 6.50. The van der Waals surface area contributed by atoms with Gasteiger partial charge in [0.05, 0.1) is 10.0 Å². The first kappa shape index (κ1) is 14.1. The van der Waals surface area contributed by atoms with Crippen LogP contribution in [0.5, 0.6) is 5.75 Å². The highest BCUT2D eigenvalue weighted by Gasteiger charge is 2.08. The number of anilines is 1. The Kier molecular flexibility index (Phi) is 3.91. The molecule has 0 unspecified atom stereocenters. The van der Waals surface area contributed by atoms with Crippen LogP contribution in [0.1, 0.15) is 5.56 Å². The average Bonchev–Trinajstić information content (AvgIpc) is 2.51. The maximum atomic E-state index is 6.17. The number of hydrogen-bond acceptors (Lipinski definition) is 2. The highest BCUT2D eigenvalue weighted by molar-refractivity contribution is 6.42. The van der Waals surface area contributed by atoms with Crippen molar-refractivity contribution in [2.45, 2.75) is 6.61 Å². The molecule has 0 spiro atoms. The van der Waals surface area contributed by atoms with Crippen LogP contribution < -0.4 is 10.5 Å². The van der Waals surface area contributed by atoms with E-state index in [0.717, 1.165) is 27.8 Å². The Morgan fingerprint density at radius 1 is 0.857 bits per heavy atom. The van der Waals surface area contributed by atoms with Crippen molar-refractivity contribution in [1.29, 1.82) is 0 Å². The molecule has 0 saturated carbocycles. The van der Waals surface area contributed by atoms with Crippen molar-refractivity contribution in [3.8, 4) is 5.75 Å². The van der Waals surface area contributed by atoms with E-state index >= 15 is 0 Å². The van der Waals surface area contributed by atoms with Gasteiger partial charge in [0.25, 0.3) is 0 Å². The highest BCUT2D eigenvalue weighted by Crippen LogP contribution is 2.32. The molecule has 0 heterocycles. The summed E-state index contributed by atoms with van der Waals surface area (Å²) < 4.78 is 5.90. The number of nitrogen functional groups attached to an aromatic ring is 1. The largest absolute Gasteiger partial charge is 0.488 e. The number of halogens is 2. The predicted octanol–water partition coefficient (Wildman–Crippen LogP) is 5.31. The lowest BCUT2D eigenvalue weighted by Crippen LogP contribution is -1.98. The summed E-state index contributed by atoms with van der Waals surface area (Å²) in [4.78, 5) is 0. The van der Waals surface area contributed by atoms with Crippen LogP contribution in [-0.4, -0.2) is 0 Å². The molecule has 0 aliphatic carbocycles. The Labute approximate surface area is 133 Å². The third-order valence-electron chi connectivity index (χ3n) is 3.33. The summed E-state index contributed by atoms with van der Waals surface area (Å²) in [5.74, 6) is 0.774. The summed E-state index contributed by atoms with van der Waals surface area (Å²) in [5.41, 5.74) is 7.57. The number of rotatable bonds is 3. The van der Waals surface area contributed by atoms with Gasteiger partial charge in [-0.05, 0) is 18.2 Å². The molecule has 3 rings (SSSR count). The molecule has 2 N–H and O–H groups in total. The molecule has 3 aromatic rings. The molecule has 0 radical (unpaired) electrons. The zero-order valence-corrected chi connectivity index (χ0v) is 12.7. The van der Waals surface area contributed by atoms with Crippen molar-refractivity contribution in [2.24, 2.45) is 0 Å². The van der Waals surface area contributed by atoms with Gasteiger partial charge in [0.2, 0.25) is 0 Å². The topological polar surface area (TPSA) is 35.2 Å². The van der Waals surface area contributed by atoms with Crippen molar-refractivity contribution < 1.29 is 4.74 Å². The Bertz CT molecular complexity index is 802. The van der Waals surface area contributed by atoms with E-state index < -0.39 is 0 Å². The Morgan fingerprint density at radius 3 is 2.43 bits per heavy atom. The maximum Gasteiger partial charge on any atom is 0.127 e. The SMILES string of the molecule is Nc1ccc(OCc2cccc(Cl)c2Cl)c2ccccc12. The zero-order valence-electron chi connectivity index (χ0n) is 11.1. The van der Waals surface area contributed by atoms with Crippen LogP contribution in [-0.2, 0) is 6.61 Å². The molecular formula is C17H13Cl2NO. The summed E-state index contributed by atoms with van der Waals surface area (Å²) in [6.45, 7) is 0.354. The second-order valence-corrected chi connectivity index (χ2v) is 5.49. The second kappa shape index (κ2) is 5.84. The third-order valence-corrected chi connectivity index (χ3v) is 4.19. The quantitative estimate of drug-likeness (QED) is 0.664. The lowest BCUT2D eigenvalue weighted by Gasteiger charge is -2.12. The van der Waals surface area contributed by atoms with Crippen LogP contribution in [0.25, 0.3) is 10.8 Å². The molecule has 2 nitrogen and oxygen atoms in total. The van der Waals surface area contributed by atoms with Crippen molar-refractivity contribution in [2.75, 3.05) is 5.73 Å². The Hall–Kier alpha value is -1.90. The second-order valence-electron chi connectivity index (χ2n) is 4.70. The molecule has 21 heavy (non-hydrogen) atoms. The summed E-state index contributed by atoms with van der Waals surface area (Å²) in [6.07, 6.45) is 0. The van der Waals surface area contributed by atoms with E-state index in [1.165, 1.54) is 0 Å². The molecule has 106 valence electrons. The van der Waals surface area contributed by atoms with Gasteiger partial charge in [-0.1, -0.05) is 59.6 Å². The minimum absolute atomic E-state index is 0.354. The monoisotopic (exact) mass is 317 g/mol. The van der Waals surface area contributed by atoms with Crippen molar-refractivity contribution in [1.82, 2.24) is 0 Å². The van der Waals surface area contributed by atoms with Crippen LogP contribution in [0.2, 0.25) is 10.0 Å². The van der Waals surface area contributed by atoms with Crippen molar-refractivity contribution in [3.63, 3.8) is 0 Å². The van der Waals surface area contributed by atoms with Gasteiger partial charge >= 0.3 is 0 Å². The van der Waals surface area contributed by atoms with Gasteiger partial charge in [0.1, 0.15) is 12.4 Å². The zero-order chi connectivity index (χ0) is 14.8. The number of ether oxygens (including phenoxy) is 1.